The Bertz CT molecular complexity index is 888. The molecule has 0 fully saturated rings. The molecule has 0 aliphatic carbocycles. The summed E-state index contributed by atoms with van der Waals surface area (Å²) in [6.07, 6.45) is 2.98. The van der Waals surface area contributed by atoms with Crippen LogP contribution in [-0.4, -0.2) is 10.9 Å². The van der Waals surface area contributed by atoms with Crippen molar-refractivity contribution in [2.75, 3.05) is 10.6 Å². The molecule has 0 spiro atoms. The topological polar surface area (TPSA) is 54.0 Å². The number of aromatic nitrogens is 1. The van der Waals surface area contributed by atoms with E-state index in [9.17, 15) is 4.79 Å². The number of anilines is 3. The quantitative estimate of drug-likeness (QED) is 0.669. The van der Waals surface area contributed by atoms with Gasteiger partial charge in [0, 0.05) is 5.69 Å². The SMILES string of the molecule is CCc1ccccc1Nc1ccc(NC(=O)Cc2cccc(C)c2)cn1. The average Bonchev–Trinajstić information content (AvgIpc) is 2.64. The van der Waals surface area contributed by atoms with Crippen molar-refractivity contribution in [1.29, 1.82) is 0 Å². The van der Waals surface area contributed by atoms with Crippen molar-refractivity contribution in [3.63, 3.8) is 0 Å². The first kappa shape index (κ1) is 17.7. The number of aryl methyl sites for hydroxylation is 2. The van der Waals surface area contributed by atoms with Gasteiger partial charge in [0.15, 0.2) is 0 Å². The van der Waals surface area contributed by atoms with Gasteiger partial charge in [-0.2, -0.15) is 0 Å². The Kier molecular flexibility index (Phi) is 5.64. The lowest BCUT2D eigenvalue weighted by molar-refractivity contribution is -0.115. The molecule has 1 aromatic heterocycles. The molecule has 1 amide bonds. The van der Waals surface area contributed by atoms with Gasteiger partial charge in [0.05, 0.1) is 18.3 Å². The van der Waals surface area contributed by atoms with Gasteiger partial charge in [-0.15, -0.1) is 0 Å². The normalized spacial score (nSPS) is 10.4. The Hall–Kier alpha value is -3.14. The first-order chi connectivity index (χ1) is 12.6. The van der Waals surface area contributed by atoms with Crippen LogP contribution in [-0.2, 0) is 17.6 Å². The Morgan fingerprint density at radius 3 is 2.62 bits per heavy atom. The average molecular weight is 345 g/mol. The van der Waals surface area contributed by atoms with Crippen molar-refractivity contribution < 1.29 is 4.79 Å². The van der Waals surface area contributed by atoms with E-state index in [1.54, 1.807) is 6.20 Å². The fraction of sp³-hybridized carbons (Fsp3) is 0.182. The second-order valence-electron chi connectivity index (χ2n) is 6.28. The van der Waals surface area contributed by atoms with Crippen molar-refractivity contribution >= 4 is 23.1 Å². The summed E-state index contributed by atoms with van der Waals surface area (Å²) in [6.45, 7) is 4.15. The highest BCUT2D eigenvalue weighted by Gasteiger charge is 2.06. The zero-order valence-electron chi connectivity index (χ0n) is 15.1. The van der Waals surface area contributed by atoms with Gasteiger partial charge in [0.2, 0.25) is 5.91 Å². The Morgan fingerprint density at radius 2 is 1.88 bits per heavy atom. The molecular weight excluding hydrogens is 322 g/mol. The van der Waals surface area contributed by atoms with E-state index in [0.717, 1.165) is 29.1 Å². The summed E-state index contributed by atoms with van der Waals surface area (Å²) in [5.41, 5.74) is 5.14. The third-order valence-electron chi connectivity index (χ3n) is 4.16. The van der Waals surface area contributed by atoms with Crippen LogP contribution in [0.2, 0.25) is 0 Å². The molecule has 0 atom stereocenters. The lowest BCUT2D eigenvalue weighted by Crippen LogP contribution is -2.14. The molecule has 2 aromatic carbocycles. The predicted molar refractivity (Wildman–Crippen MR) is 107 cm³/mol. The maximum Gasteiger partial charge on any atom is 0.228 e. The highest BCUT2D eigenvalue weighted by Crippen LogP contribution is 2.20. The fourth-order valence-corrected chi connectivity index (χ4v) is 2.84. The molecule has 132 valence electrons. The van der Waals surface area contributed by atoms with Gasteiger partial charge in [0.1, 0.15) is 5.82 Å². The molecule has 0 saturated heterocycles. The number of para-hydroxylation sites is 1. The van der Waals surface area contributed by atoms with Gasteiger partial charge in [-0.3, -0.25) is 4.79 Å². The lowest BCUT2D eigenvalue weighted by Gasteiger charge is -2.11. The molecular formula is C22H23N3O. The molecule has 4 heteroatoms. The Balaban J connectivity index is 1.61. The maximum absolute atomic E-state index is 12.2. The third-order valence-corrected chi connectivity index (χ3v) is 4.16. The molecule has 1 heterocycles. The second kappa shape index (κ2) is 8.30. The Labute approximate surface area is 154 Å². The molecule has 0 unspecified atom stereocenters. The summed E-state index contributed by atoms with van der Waals surface area (Å²) in [5.74, 6) is 0.706. The number of hydrogen-bond donors (Lipinski definition) is 2. The highest BCUT2D eigenvalue weighted by molar-refractivity contribution is 5.92. The van der Waals surface area contributed by atoms with Gasteiger partial charge in [0.25, 0.3) is 0 Å². The second-order valence-corrected chi connectivity index (χ2v) is 6.28. The van der Waals surface area contributed by atoms with Gasteiger partial charge in [-0.25, -0.2) is 4.98 Å². The number of rotatable bonds is 6. The number of benzene rings is 2. The monoisotopic (exact) mass is 345 g/mol. The van der Waals surface area contributed by atoms with Gasteiger partial charge in [-0.1, -0.05) is 55.0 Å². The minimum Gasteiger partial charge on any atom is -0.340 e. The van der Waals surface area contributed by atoms with Crippen molar-refractivity contribution in [3.8, 4) is 0 Å². The van der Waals surface area contributed by atoms with Crippen LogP contribution in [0, 0.1) is 6.92 Å². The number of pyridine rings is 1. The van der Waals surface area contributed by atoms with Gasteiger partial charge >= 0.3 is 0 Å². The molecule has 3 aromatic rings. The summed E-state index contributed by atoms with van der Waals surface area (Å²) in [5, 5.41) is 6.22. The number of carbonyl (C=O) groups is 1. The molecule has 0 bridgehead atoms. The highest BCUT2D eigenvalue weighted by atomic mass is 16.1. The molecule has 2 N–H and O–H groups in total. The molecule has 0 aliphatic heterocycles. The van der Waals surface area contributed by atoms with E-state index in [1.165, 1.54) is 5.56 Å². The maximum atomic E-state index is 12.2. The number of hydrogen-bond acceptors (Lipinski definition) is 3. The number of carbonyl (C=O) groups excluding carboxylic acids is 1. The van der Waals surface area contributed by atoms with Crippen molar-refractivity contribution in [1.82, 2.24) is 4.98 Å². The fourth-order valence-electron chi connectivity index (χ4n) is 2.84. The van der Waals surface area contributed by atoms with Crippen LogP contribution in [0.25, 0.3) is 0 Å². The minimum atomic E-state index is -0.0468. The molecule has 0 radical (unpaired) electrons. The van der Waals surface area contributed by atoms with E-state index in [-0.39, 0.29) is 5.91 Å². The van der Waals surface area contributed by atoms with Crippen molar-refractivity contribution in [2.24, 2.45) is 0 Å². The van der Waals surface area contributed by atoms with E-state index in [1.807, 2.05) is 61.5 Å². The van der Waals surface area contributed by atoms with E-state index in [4.69, 9.17) is 0 Å². The van der Waals surface area contributed by atoms with Crippen LogP contribution < -0.4 is 10.6 Å². The van der Waals surface area contributed by atoms with E-state index < -0.39 is 0 Å². The first-order valence-corrected chi connectivity index (χ1v) is 8.80. The standard InChI is InChI=1S/C22H23N3O/c1-3-18-9-4-5-10-20(18)25-21-12-11-19(15-23-21)24-22(26)14-17-8-6-7-16(2)13-17/h4-13,15H,3,14H2,1-2H3,(H,23,25)(H,24,26). The van der Waals surface area contributed by atoms with Gasteiger partial charge in [-0.05, 0) is 42.7 Å². The first-order valence-electron chi connectivity index (χ1n) is 8.80. The molecule has 4 nitrogen and oxygen atoms in total. The zero-order valence-corrected chi connectivity index (χ0v) is 15.1. The summed E-state index contributed by atoms with van der Waals surface area (Å²) >= 11 is 0. The third kappa shape index (κ3) is 4.70. The molecule has 3 rings (SSSR count). The van der Waals surface area contributed by atoms with Crippen molar-refractivity contribution in [2.45, 2.75) is 26.7 Å². The summed E-state index contributed by atoms with van der Waals surface area (Å²) in [7, 11) is 0. The van der Waals surface area contributed by atoms with E-state index >= 15 is 0 Å². The smallest absolute Gasteiger partial charge is 0.228 e. The van der Waals surface area contributed by atoms with Crippen LogP contribution in [0.15, 0.2) is 66.9 Å². The number of nitrogens with one attached hydrogen (secondary N) is 2. The summed E-state index contributed by atoms with van der Waals surface area (Å²) < 4.78 is 0. The number of nitrogens with zero attached hydrogens (tertiary/aromatic N) is 1. The summed E-state index contributed by atoms with van der Waals surface area (Å²) in [6, 6.07) is 19.9. The van der Waals surface area contributed by atoms with Crippen LogP contribution in [0.1, 0.15) is 23.6 Å². The molecule has 0 aliphatic rings. The van der Waals surface area contributed by atoms with Gasteiger partial charge < -0.3 is 10.6 Å². The van der Waals surface area contributed by atoms with E-state index in [2.05, 4.69) is 28.6 Å². The predicted octanol–water partition coefficient (Wildman–Crippen LogP) is 4.88. The van der Waals surface area contributed by atoms with E-state index in [0.29, 0.717) is 12.1 Å². The number of amides is 1. The van der Waals surface area contributed by atoms with Crippen LogP contribution in [0.3, 0.4) is 0 Å². The lowest BCUT2D eigenvalue weighted by atomic mass is 10.1. The van der Waals surface area contributed by atoms with Crippen LogP contribution in [0.4, 0.5) is 17.2 Å². The van der Waals surface area contributed by atoms with Crippen molar-refractivity contribution in [3.05, 3.63) is 83.6 Å². The molecule has 26 heavy (non-hydrogen) atoms. The van der Waals surface area contributed by atoms with Crippen LogP contribution >= 0.6 is 0 Å². The molecule has 0 saturated carbocycles. The summed E-state index contributed by atoms with van der Waals surface area (Å²) in [4.78, 5) is 16.6. The minimum absolute atomic E-state index is 0.0468. The Morgan fingerprint density at radius 1 is 1.04 bits per heavy atom. The largest absolute Gasteiger partial charge is 0.340 e. The zero-order chi connectivity index (χ0) is 18.4. The van der Waals surface area contributed by atoms with Crippen LogP contribution in [0.5, 0.6) is 0 Å².